The molecule has 0 saturated carbocycles. The second-order valence-corrected chi connectivity index (χ2v) is 5.66. The summed E-state index contributed by atoms with van der Waals surface area (Å²) >= 11 is 0. The average Bonchev–Trinajstić information content (AvgIpc) is 3.05. The number of nitrogens with zero attached hydrogens (tertiary/aromatic N) is 3. The van der Waals surface area contributed by atoms with E-state index in [0.717, 1.165) is 11.4 Å². The van der Waals surface area contributed by atoms with Crippen LogP contribution in [0.3, 0.4) is 0 Å². The van der Waals surface area contributed by atoms with E-state index in [1.807, 2.05) is 25.1 Å². The van der Waals surface area contributed by atoms with Gasteiger partial charge < -0.3 is 9.73 Å². The molecule has 4 aromatic rings. The predicted octanol–water partition coefficient (Wildman–Crippen LogP) is 4.34. The van der Waals surface area contributed by atoms with Gasteiger partial charge in [0.1, 0.15) is 5.82 Å². The summed E-state index contributed by atoms with van der Waals surface area (Å²) in [5.41, 5.74) is 3.83. The van der Waals surface area contributed by atoms with Crippen LogP contribution in [0.4, 0.5) is 10.1 Å². The highest BCUT2D eigenvalue weighted by Gasteiger charge is 2.11. The van der Waals surface area contributed by atoms with E-state index in [0.29, 0.717) is 34.9 Å². The maximum absolute atomic E-state index is 14.4. The normalized spacial score (nSPS) is 11.0. The Morgan fingerprint density at radius 2 is 2.00 bits per heavy atom. The lowest BCUT2D eigenvalue weighted by molar-refractivity contribution is 0.612. The fourth-order valence-electron chi connectivity index (χ4n) is 2.57. The number of aromatic nitrogens is 3. The molecule has 0 atom stereocenters. The Balaban J connectivity index is 1.56. The predicted molar refractivity (Wildman–Crippen MR) is 93.5 cm³/mol. The number of oxazole rings is 1. The van der Waals surface area contributed by atoms with Gasteiger partial charge in [-0.15, -0.1) is 0 Å². The summed E-state index contributed by atoms with van der Waals surface area (Å²) in [5.74, 6) is -0.0279. The van der Waals surface area contributed by atoms with Gasteiger partial charge in [0.25, 0.3) is 0 Å². The van der Waals surface area contributed by atoms with Gasteiger partial charge in [-0.3, -0.25) is 4.98 Å². The van der Waals surface area contributed by atoms with Gasteiger partial charge in [-0.1, -0.05) is 6.07 Å². The zero-order valence-corrected chi connectivity index (χ0v) is 13.5. The molecular weight excluding hydrogens is 319 g/mol. The number of nitrogens with one attached hydrogen (secondary N) is 1. The van der Waals surface area contributed by atoms with Crippen molar-refractivity contribution in [3.05, 3.63) is 71.9 Å². The van der Waals surface area contributed by atoms with Crippen LogP contribution in [-0.2, 0) is 6.54 Å². The van der Waals surface area contributed by atoms with Crippen LogP contribution in [-0.4, -0.2) is 15.0 Å². The van der Waals surface area contributed by atoms with Gasteiger partial charge in [-0.25, -0.2) is 9.37 Å². The quantitative estimate of drug-likeness (QED) is 0.601. The van der Waals surface area contributed by atoms with Gasteiger partial charge in [0.15, 0.2) is 11.2 Å². The highest BCUT2D eigenvalue weighted by atomic mass is 19.1. The van der Waals surface area contributed by atoms with Crippen LogP contribution >= 0.6 is 0 Å². The minimum absolute atomic E-state index is 0.347. The maximum Gasteiger partial charge on any atom is 0.228 e. The van der Waals surface area contributed by atoms with Crippen molar-refractivity contribution < 1.29 is 8.81 Å². The maximum atomic E-state index is 14.4. The molecule has 0 amide bonds. The third-order valence-corrected chi connectivity index (χ3v) is 3.79. The average molecular weight is 334 g/mol. The third-order valence-electron chi connectivity index (χ3n) is 3.79. The number of hydrogen-bond donors (Lipinski definition) is 1. The van der Waals surface area contributed by atoms with Crippen molar-refractivity contribution in [1.29, 1.82) is 0 Å². The minimum Gasteiger partial charge on any atom is -0.434 e. The minimum atomic E-state index is -0.375. The molecule has 5 nitrogen and oxygen atoms in total. The fourth-order valence-corrected chi connectivity index (χ4v) is 2.57. The molecule has 124 valence electrons. The Morgan fingerprint density at radius 1 is 1.08 bits per heavy atom. The van der Waals surface area contributed by atoms with Gasteiger partial charge in [0.05, 0.1) is 17.9 Å². The number of hydrogen-bond acceptors (Lipinski definition) is 5. The van der Waals surface area contributed by atoms with Crippen LogP contribution in [0.1, 0.15) is 11.4 Å². The van der Waals surface area contributed by atoms with E-state index in [1.54, 1.807) is 30.5 Å². The standard InChI is InChI=1S/C19H15FN4O/c1-12-4-2-5-14(23-12)11-22-16-8-7-13(10-15(16)20)19-24-18-17(25-19)6-3-9-21-18/h2-10,22H,11H2,1H3. The molecule has 4 rings (SSSR count). The molecule has 0 bridgehead atoms. The zero-order chi connectivity index (χ0) is 17.2. The number of halogens is 1. The third kappa shape index (κ3) is 3.19. The molecule has 0 saturated heterocycles. The number of rotatable bonds is 4. The molecule has 0 fully saturated rings. The molecule has 6 heteroatoms. The van der Waals surface area contributed by atoms with Gasteiger partial charge >= 0.3 is 0 Å². The Morgan fingerprint density at radius 3 is 2.80 bits per heavy atom. The largest absolute Gasteiger partial charge is 0.434 e. The number of anilines is 1. The lowest BCUT2D eigenvalue weighted by Crippen LogP contribution is -2.03. The van der Waals surface area contributed by atoms with Gasteiger partial charge in [0, 0.05) is 17.5 Å². The van der Waals surface area contributed by atoms with E-state index in [9.17, 15) is 4.39 Å². The van der Waals surface area contributed by atoms with Gasteiger partial charge in [-0.2, -0.15) is 4.98 Å². The Kier molecular flexibility index (Phi) is 3.85. The first kappa shape index (κ1) is 15.3. The van der Waals surface area contributed by atoms with E-state index < -0.39 is 0 Å². The summed E-state index contributed by atoms with van der Waals surface area (Å²) in [6.45, 7) is 2.37. The van der Waals surface area contributed by atoms with Crippen molar-refractivity contribution in [1.82, 2.24) is 15.0 Å². The highest BCUT2D eigenvalue weighted by molar-refractivity contribution is 5.72. The van der Waals surface area contributed by atoms with Crippen LogP contribution in [0.2, 0.25) is 0 Å². The summed E-state index contributed by atoms with van der Waals surface area (Å²) in [5, 5.41) is 3.06. The summed E-state index contributed by atoms with van der Waals surface area (Å²) in [4.78, 5) is 12.8. The summed E-state index contributed by atoms with van der Waals surface area (Å²) in [7, 11) is 0. The van der Waals surface area contributed by atoms with Crippen molar-refractivity contribution in [2.24, 2.45) is 0 Å². The van der Waals surface area contributed by atoms with Crippen molar-refractivity contribution in [3.63, 3.8) is 0 Å². The molecule has 3 heterocycles. The molecule has 0 aliphatic heterocycles. The first-order chi connectivity index (χ1) is 12.2. The topological polar surface area (TPSA) is 63.8 Å². The van der Waals surface area contributed by atoms with Crippen LogP contribution in [0.25, 0.3) is 22.7 Å². The molecule has 0 unspecified atom stereocenters. The Labute approximate surface area is 143 Å². The summed E-state index contributed by atoms with van der Waals surface area (Å²) in [6.07, 6.45) is 1.64. The van der Waals surface area contributed by atoms with Crippen LogP contribution in [0.15, 0.2) is 59.1 Å². The molecule has 25 heavy (non-hydrogen) atoms. The SMILES string of the molecule is Cc1cccc(CNc2ccc(-c3nc4ncccc4o3)cc2F)n1. The highest BCUT2D eigenvalue weighted by Crippen LogP contribution is 2.26. The number of aryl methyl sites for hydroxylation is 1. The number of pyridine rings is 2. The summed E-state index contributed by atoms with van der Waals surface area (Å²) < 4.78 is 20.0. The van der Waals surface area contributed by atoms with E-state index in [2.05, 4.69) is 20.3 Å². The lowest BCUT2D eigenvalue weighted by Gasteiger charge is -2.08. The molecule has 1 N–H and O–H groups in total. The van der Waals surface area contributed by atoms with Crippen LogP contribution in [0.5, 0.6) is 0 Å². The second kappa shape index (κ2) is 6.32. The van der Waals surface area contributed by atoms with Crippen LogP contribution in [0, 0.1) is 12.7 Å². The van der Waals surface area contributed by atoms with E-state index in [1.165, 1.54) is 6.07 Å². The lowest BCUT2D eigenvalue weighted by atomic mass is 10.2. The van der Waals surface area contributed by atoms with Crippen molar-refractivity contribution in [2.75, 3.05) is 5.32 Å². The van der Waals surface area contributed by atoms with E-state index in [4.69, 9.17) is 4.42 Å². The molecule has 0 spiro atoms. The smallest absolute Gasteiger partial charge is 0.228 e. The zero-order valence-electron chi connectivity index (χ0n) is 13.5. The summed E-state index contributed by atoms with van der Waals surface area (Å²) in [6, 6.07) is 14.1. The van der Waals surface area contributed by atoms with Crippen molar-refractivity contribution in [3.8, 4) is 11.5 Å². The number of benzene rings is 1. The van der Waals surface area contributed by atoms with Gasteiger partial charge in [0.2, 0.25) is 5.89 Å². The van der Waals surface area contributed by atoms with Crippen LogP contribution < -0.4 is 5.32 Å². The van der Waals surface area contributed by atoms with Crippen molar-refractivity contribution in [2.45, 2.75) is 13.5 Å². The first-order valence-corrected chi connectivity index (χ1v) is 7.87. The second-order valence-electron chi connectivity index (χ2n) is 5.66. The molecule has 0 aliphatic carbocycles. The van der Waals surface area contributed by atoms with E-state index >= 15 is 0 Å². The Bertz CT molecular complexity index is 1010. The Hall–Kier alpha value is -3.28. The molecular formula is C19H15FN4O. The monoisotopic (exact) mass is 334 g/mol. The molecule has 1 aromatic carbocycles. The number of fused-ring (bicyclic) bond motifs is 1. The first-order valence-electron chi connectivity index (χ1n) is 7.87. The molecule has 0 aliphatic rings. The fraction of sp³-hybridized carbons (Fsp3) is 0.105. The van der Waals surface area contributed by atoms with Crippen molar-refractivity contribution >= 4 is 16.9 Å². The van der Waals surface area contributed by atoms with Gasteiger partial charge in [-0.05, 0) is 49.4 Å². The molecule has 3 aromatic heterocycles. The molecule has 0 radical (unpaired) electrons. The van der Waals surface area contributed by atoms with E-state index in [-0.39, 0.29) is 5.82 Å².